The molecule has 0 saturated carbocycles. The fourth-order valence-corrected chi connectivity index (χ4v) is 2.34. The topological polar surface area (TPSA) is 30.5 Å². The van der Waals surface area contributed by atoms with E-state index in [0.29, 0.717) is 11.5 Å². The van der Waals surface area contributed by atoms with Gasteiger partial charge >= 0.3 is 0 Å². The lowest BCUT2D eigenvalue weighted by Crippen LogP contribution is -2.50. The summed E-state index contributed by atoms with van der Waals surface area (Å²) < 4.78 is 10.6. The highest BCUT2D eigenvalue weighted by Gasteiger charge is 2.33. The highest BCUT2D eigenvalue weighted by Crippen LogP contribution is 2.26. The third-order valence-electron chi connectivity index (χ3n) is 3.72. The fraction of sp³-hybridized carbons (Fsp3) is 1.00. The number of hydrogen-bond acceptors (Lipinski definition) is 3. The SMILES string of the molecule is CC(NCC1(C)COC1)C1CCOCC1. The normalized spacial score (nSPS) is 28.4. The number of rotatable bonds is 4. The van der Waals surface area contributed by atoms with Crippen molar-refractivity contribution in [3.05, 3.63) is 0 Å². The molecule has 2 aliphatic heterocycles. The van der Waals surface area contributed by atoms with Crippen molar-refractivity contribution in [1.82, 2.24) is 5.32 Å². The molecule has 2 heterocycles. The van der Waals surface area contributed by atoms with E-state index in [1.807, 2.05) is 0 Å². The van der Waals surface area contributed by atoms with Crippen molar-refractivity contribution in [2.45, 2.75) is 32.7 Å². The van der Waals surface area contributed by atoms with Crippen LogP contribution in [0.4, 0.5) is 0 Å². The van der Waals surface area contributed by atoms with E-state index in [9.17, 15) is 0 Å². The Labute approximate surface area is 92.5 Å². The first-order chi connectivity index (χ1) is 7.20. The zero-order valence-electron chi connectivity index (χ0n) is 9.92. The highest BCUT2D eigenvalue weighted by atomic mass is 16.5. The minimum atomic E-state index is 0.388. The van der Waals surface area contributed by atoms with E-state index >= 15 is 0 Å². The quantitative estimate of drug-likeness (QED) is 0.766. The van der Waals surface area contributed by atoms with Crippen molar-refractivity contribution in [1.29, 1.82) is 0 Å². The summed E-state index contributed by atoms with van der Waals surface area (Å²) in [5.41, 5.74) is 0.388. The summed E-state index contributed by atoms with van der Waals surface area (Å²) in [6.07, 6.45) is 2.42. The van der Waals surface area contributed by atoms with E-state index in [0.717, 1.165) is 38.9 Å². The summed E-state index contributed by atoms with van der Waals surface area (Å²) in [6, 6.07) is 0.617. The van der Waals surface area contributed by atoms with Crippen LogP contribution in [0.15, 0.2) is 0 Å². The van der Waals surface area contributed by atoms with E-state index in [2.05, 4.69) is 19.2 Å². The van der Waals surface area contributed by atoms with Crippen LogP contribution < -0.4 is 5.32 Å². The van der Waals surface area contributed by atoms with Gasteiger partial charge in [-0.05, 0) is 25.7 Å². The van der Waals surface area contributed by atoms with Gasteiger partial charge in [0.2, 0.25) is 0 Å². The van der Waals surface area contributed by atoms with E-state index in [-0.39, 0.29) is 0 Å². The number of hydrogen-bond donors (Lipinski definition) is 1. The molecule has 0 spiro atoms. The minimum absolute atomic E-state index is 0.388. The molecule has 1 unspecified atom stereocenters. The second kappa shape index (κ2) is 4.81. The molecular formula is C12H23NO2. The van der Waals surface area contributed by atoms with E-state index in [1.54, 1.807) is 0 Å². The Bertz CT molecular complexity index is 198. The zero-order chi connectivity index (χ0) is 10.7. The summed E-state index contributed by atoms with van der Waals surface area (Å²) in [5, 5.41) is 3.66. The van der Waals surface area contributed by atoms with Crippen LogP contribution in [0.1, 0.15) is 26.7 Å². The second-order valence-electron chi connectivity index (χ2n) is 5.42. The van der Waals surface area contributed by atoms with Crippen LogP contribution in [0.25, 0.3) is 0 Å². The lowest BCUT2D eigenvalue weighted by atomic mass is 9.87. The highest BCUT2D eigenvalue weighted by molar-refractivity contribution is 4.85. The minimum Gasteiger partial charge on any atom is -0.381 e. The molecule has 1 atom stereocenters. The molecule has 0 aromatic heterocycles. The van der Waals surface area contributed by atoms with Gasteiger partial charge in [-0.2, -0.15) is 0 Å². The predicted octanol–water partition coefficient (Wildman–Crippen LogP) is 1.43. The van der Waals surface area contributed by atoms with Gasteiger partial charge in [0, 0.05) is 31.2 Å². The first kappa shape index (κ1) is 11.4. The zero-order valence-corrected chi connectivity index (χ0v) is 9.92. The maximum absolute atomic E-state index is 5.38. The Morgan fingerprint density at radius 2 is 1.93 bits per heavy atom. The molecule has 2 fully saturated rings. The summed E-state index contributed by atoms with van der Waals surface area (Å²) in [6.45, 7) is 9.40. The lowest BCUT2D eigenvalue weighted by Gasteiger charge is -2.40. The summed E-state index contributed by atoms with van der Waals surface area (Å²) >= 11 is 0. The Hall–Kier alpha value is -0.120. The van der Waals surface area contributed by atoms with Gasteiger partial charge in [-0.1, -0.05) is 6.92 Å². The first-order valence-electron chi connectivity index (χ1n) is 6.08. The third-order valence-corrected chi connectivity index (χ3v) is 3.72. The lowest BCUT2D eigenvalue weighted by molar-refractivity contribution is -0.101. The van der Waals surface area contributed by atoms with Gasteiger partial charge in [0.05, 0.1) is 13.2 Å². The average Bonchev–Trinajstić information content (AvgIpc) is 2.24. The molecule has 88 valence electrons. The summed E-state index contributed by atoms with van der Waals surface area (Å²) in [4.78, 5) is 0. The van der Waals surface area contributed by atoms with Gasteiger partial charge in [0.1, 0.15) is 0 Å². The Morgan fingerprint density at radius 3 is 2.47 bits per heavy atom. The molecule has 0 aliphatic carbocycles. The van der Waals surface area contributed by atoms with E-state index < -0.39 is 0 Å². The Balaban J connectivity index is 1.69. The molecule has 1 N–H and O–H groups in total. The standard InChI is InChI=1S/C12H23NO2/c1-10(11-3-5-14-6-4-11)13-7-12(2)8-15-9-12/h10-11,13H,3-9H2,1-2H3. The summed E-state index contributed by atoms with van der Waals surface area (Å²) in [7, 11) is 0. The fourth-order valence-electron chi connectivity index (χ4n) is 2.34. The van der Waals surface area contributed by atoms with Gasteiger partial charge in [0.25, 0.3) is 0 Å². The van der Waals surface area contributed by atoms with Crippen molar-refractivity contribution >= 4 is 0 Å². The van der Waals surface area contributed by atoms with Crippen LogP contribution in [0, 0.1) is 11.3 Å². The van der Waals surface area contributed by atoms with Crippen LogP contribution in [0.5, 0.6) is 0 Å². The maximum Gasteiger partial charge on any atom is 0.0554 e. The molecule has 2 rings (SSSR count). The molecular weight excluding hydrogens is 190 g/mol. The van der Waals surface area contributed by atoms with Crippen molar-refractivity contribution in [2.75, 3.05) is 33.0 Å². The number of ether oxygens (including phenoxy) is 2. The van der Waals surface area contributed by atoms with Crippen LogP contribution in [0.2, 0.25) is 0 Å². The van der Waals surface area contributed by atoms with Gasteiger partial charge in [-0.25, -0.2) is 0 Å². The van der Waals surface area contributed by atoms with Crippen molar-refractivity contribution in [3.8, 4) is 0 Å². The van der Waals surface area contributed by atoms with Gasteiger partial charge in [-0.15, -0.1) is 0 Å². The monoisotopic (exact) mass is 213 g/mol. The van der Waals surface area contributed by atoms with Crippen molar-refractivity contribution < 1.29 is 9.47 Å². The van der Waals surface area contributed by atoms with E-state index in [1.165, 1.54) is 12.8 Å². The molecule has 0 radical (unpaired) electrons. The smallest absolute Gasteiger partial charge is 0.0554 e. The largest absolute Gasteiger partial charge is 0.381 e. The van der Waals surface area contributed by atoms with Crippen LogP contribution >= 0.6 is 0 Å². The van der Waals surface area contributed by atoms with Crippen molar-refractivity contribution in [3.63, 3.8) is 0 Å². The molecule has 0 aromatic carbocycles. The molecule has 3 heteroatoms. The van der Waals surface area contributed by atoms with Crippen LogP contribution in [-0.4, -0.2) is 39.0 Å². The third kappa shape index (κ3) is 2.92. The van der Waals surface area contributed by atoms with Crippen molar-refractivity contribution in [2.24, 2.45) is 11.3 Å². The Morgan fingerprint density at radius 1 is 1.27 bits per heavy atom. The molecule has 0 amide bonds. The molecule has 2 aliphatic rings. The van der Waals surface area contributed by atoms with Crippen LogP contribution in [-0.2, 0) is 9.47 Å². The van der Waals surface area contributed by atoms with Gasteiger partial charge in [0.15, 0.2) is 0 Å². The molecule has 0 bridgehead atoms. The van der Waals surface area contributed by atoms with Gasteiger partial charge in [-0.3, -0.25) is 0 Å². The molecule has 2 saturated heterocycles. The Kier molecular flexibility index (Phi) is 3.65. The molecule has 0 aromatic rings. The van der Waals surface area contributed by atoms with Gasteiger partial charge < -0.3 is 14.8 Å². The second-order valence-corrected chi connectivity index (χ2v) is 5.42. The summed E-state index contributed by atoms with van der Waals surface area (Å²) in [5.74, 6) is 0.795. The molecule has 3 nitrogen and oxygen atoms in total. The average molecular weight is 213 g/mol. The van der Waals surface area contributed by atoms with Crippen LogP contribution in [0.3, 0.4) is 0 Å². The first-order valence-corrected chi connectivity index (χ1v) is 6.08. The predicted molar refractivity (Wildman–Crippen MR) is 59.9 cm³/mol. The maximum atomic E-state index is 5.38. The number of nitrogens with one attached hydrogen (secondary N) is 1. The molecule has 15 heavy (non-hydrogen) atoms. The van der Waals surface area contributed by atoms with E-state index in [4.69, 9.17) is 9.47 Å².